The maximum absolute atomic E-state index is 11.4. The van der Waals surface area contributed by atoms with Gasteiger partial charge in [-0.1, -0.05) is 13.8 Å². The van der Waals surface area contributed by atoms with Gasteiger partial charge in [-0.2, -0.15) is 0 Å². The van der Waals surface area contributed by atoms with Crippen LogP contribution in [-0.4, -0.2) is 11.6 Å². The van der Waals surface area contributed by atoms with Crippen molar-refractivity contribution in [3.05, 3.63) is 0 Å². The first kappa shape index (κ1) is 10.6. The lowest BCUT2D eigenvalue weighted by atomic mass is 10.1. The zero-order valence-corrected chi connectivity index (χ0v) is 8.93. The number of esters is 1. The van der Waals surface area contributed by atoms with E-state index in [1.165, 1.54) is 12.8 Å². The van der Waals surface area contributed by atoms with Crippen molar-refractivity contribution < 1.29 is 9.53 Å². The van der Waals surface area contributed by atoms with E-state index in [1.54, 1.807) is 0 Å². The summed E-state index contributed by atoms with van der Waals surface area (Å²) in [6, 6.07) is 0. The molecule has 0 saturated heterocycles. The Labute approximate surface area is 80.7 Å². The Morgan fingerprint density at radius 2 is 1.92 bits per heavy atom. The second-order valence-corrected chi connectivity index (χ2v) is 4.73. The fourth-order valence-electron chi connectivity index (χ4n) is 1.87. The van der Waals surface area contributed by atoms with Crippen LogP contribution in [0.2, 0.25) is 0 Å². The van der Waals surface area contributed by atoms with Crippen LogP contribution in [0.4, 0.5) is 0 Å². The standard InChI is InChI=1S/C11H20O2/c1-9(2)8-10(12)13-11(3)6-4-5-7-11/h9H,4-8H2,1-3H3. The number of rotatable bonds is 3. The Morgan fingerprint density at radius 3 is 2.38 bits per heavy atom. The smallest absolute Gasteiger partial charge is 0.306 e. The number of ether oxygens (including phenoxy) is 1. The fraction of sp³-hybridized carbons (Fsp3) is 0.909. The summed E-state index contributed by atoms with van der Waals surface area (Å²) in [6.45, 7) is 6.13. The molecule has 13 heavy (non-hydrogen) atoms. The highest BCUT2D eigenvalue weighted by Gasteiger charge is 2.32. The van der Waals surface area contributed by atoms with Crippen LogP contribution in [0, 0.1) is 5.92 Å². The van der Waals surface area contributed by atoms with E-state index >= 15 is 0 Å². The van der Waals surface area contributed by atoms with E-state index < -0.39 is 0 Å². The highest BCUT2D eigenvalue weighted by molar-refractivity contribution is 5.70. The maximum Gasteiger partial charge on any atom is 0.306 e. The van der Waals surface area contributed by atoms with Crippen molar-refractivity contribution in [1.82, 2.24) is 0 Å². The molecule has 0 atom stereocenters. The van der Waals surface area contributed by atoms with Gasteiger partial charge in [0.05, 0.1) is 0 Å². The average Bonchev–Trinajstić information content (AvgIpc) is 2.33. The Balaban J connectivity index is 2.34. The molecule has 2 nitrogen and oxygen atoms in total. The molecule has 0 aromatic carbocycles. The van der Waals surface area contributed by atoms with Gasteiger partial charge in [0.15, 0.2) is 0 Å². The number of carbonyl (C=O) groups excluding carboxylic acids is 1. The monoisotopic (exact) mass is 184 g/mol. The Hall–Kier alpha value is -0.530. The minimum absolute atomic E-state index is 0.0283. The SMILES string of the molecule is CC(C)CC(=O)OC1(C)CCCC1. The highest BCUT2D eigenvalue weighted by atomic mass is 16.6. The van der Waals surface area contributed by atoms with Crippen molar-refractivity contribution in [2.45, 2.75) is 58.5 Å². The van der Waals surface area contributed by atoms with Gasteiger partial charge < -0.3 is 4.74 Å². The maximum atomic E-state index is 11.4. The number of hydrogen-bond acceptors (Lipinski definition) is 2. The quantitative estimate of drug-likeness (QED) is 0.630. The van der Waals surface area contributed by atoms with Gasteiger partial charge in [0.1, 0.15) is 5.60 Å². The third-order valence-electron chi connectivity index (χ3n) is 2.60. The molecule has 76 valence electrons. The highest BCUT2D eigenvalue weighted by Crippen LogP contribution is 2.33. The summed E-state index contributed by atoms with van der Waals surface area (Å²) >= 11 is 0. The van der Waals surface area contributed by atoms with Crippen molar-refractivity contribution in [2.75, 3.05) is 0 Å². The second-order valence-electron chi connectivity index (χ2n) is 4.73. The van der Waals surface area contributed by atoms with Gasteiger partial charge in [0, 0.05) is 6.42 Å². The molecule has 1 saturated carbocycles. The van der Waals surface area contributed by atoms with Crippen LogP contribution in [0.15, 0.2) is 0 Å². The van der Waals surface area contributed by atoms with Crippen LogP contribution in [-0.2, 0) is 9.53 Å². The lowest BCUT2D eigenvalue weighted by Crippen LogP contribution is -2.28. The Kier molecular flexibility index (Phi) is 3.34. The van der Waals surface area contributed by atoms with Crippen LogP contribution in [0.25, 0.3) is 0 Å². The molecule has 0 heterocycles. The molecular formula is C11H20O2. The summed E-state index contributed by atoms with van der Waals surface area (Å²) in [4.78, 5) is 11.4. The summed E-state index contributed by atoms with van der Waals surface area (Å²) in [5, 5.41) is 0. The zero-order valence-electron chi connectivity index (χ0n) is 8.93. The van der Waals surface area contributed by atoms with Gasteiger partial charge in [-0.3, -0.25) is 4.79 Å². The normalized spacial score (nSPS) is 20.6. The van der Waals surface area contributed by atoms with Gasteiger partial charge in [-0.25, -0.2) is 0 Å². The van der Waals surface area contributed by atoms with Crippen molar-refractivity contribution in [2.24, 2.45) is 5.92 Å². The third kappa shape index (κ3) is 3.37. The molecule has 0 spiro atoms. The van der Waals surface area contributed by atoms with Crippen LogP contribution >= 0.6 is 0 Å². The molecule has 0 aromatic heterocycles. The number of hydrogen-bond donors (Lipinski definition) is 0. The molecule has 1 aliphatic carbocycles. The van der Waals surface area contributed by atoms with Crippen molar-refractivity contribution in [3.63, 3.8) is 0 Å². The lowest BCUT2D eigenvalue weighted by molar-refractivity contribution is -0.158. The molecule has 0 N–H and O–H groups in total. The van der Waals surface area contributed by atoms with Crippen molar-refractivity contribution in [1.29, 1.82) is 0 Å². The summed E-state index contributed by atoms with van der Waals surface area (Å²) in [7, 11) is 0. The minimum Gasteiger partial charge on any atom is -0.459 e. The second kappa shape index (κ2) is 4.12. The van der Waals surface area contributed by atoms with Gasteiger partial charge in [-0.15, -0.1) is 0 Å². The molecular weight excluding hydrogens is 164 g/mol. The van der Waals surface area contributed by atoms with Crippen LogP contribution in [0.5, 0.6) is 0 Å². The first-order valence-electron chi connectivity index (χ1n) is 5.24. The molecule has 0 amide bonds. The van der Waals surface area contributed by atoms with Gasteiger partial charge in [0.2, 0.25) is 0 Å². The van der Waals surface area contributed by atoms with Crippen LogP contribution in [0.1, 0.15) is 52.9 Å². The zero-order chi connectivity index (χ0) is 9.90. The van der Waals surface area contributed by atoms with E-state index in [0.717, 1.165) is 12.8 Å². The summed E-state index contributed by atoms with van der Waals surface area (Å²) < 4.78 is 5.47. The lowest BCUT2D eigenvalue weighted by Gasteiger charge is -2.24. The Bertz CT molecular complexity index is 179. The molecule has 1 rings (SSSR count). The molecule has 0 unspecified atom stereocenters. The number of carbonyl (C=O) groups is 1. The summed E-state index contributed by atoms with van der Waals surface area (Å²) in [6.07, 6.45) is 5.03. The van der Waals surface area contributed by atoms with Crippen LogP contribution in [0.3, 0.4) is 0 Å². The predicted octanol–water partition coefficient (Wildman–Crippen LogP) is 2.91. The topological polar surface area (TPSA) is 26.3 Å². The van der Waals surface area contributed by atoms with E-state index in [-0.39, 0.29) is 11.6 Å². The van der Waals surface area contributed by atoms with Gasteiger partial charge >= 0.3 is 5.97 Å². The molecule has 2 heteroatoms. The molecule has 0 aliphatic heterocycles. The van der Waals surface area contributed by atoms with Crippen molar-refractivity contribution >= 4 is 5.97 Å². The molecule has 1 fully saturated rings. The molecule has 0 bridgehead atoms. The van der Waals surface area contributed by atoms with Crippen molar-refractivity contribution in [3.8, 4) is 0 Å². The first-order valence-corrected chi connectivity index (χ1v) is 5.24. The predicted molar refractivity (Wildman–Crippen MR) is 52.4 cm³/mol. The van der Waals surface area contributed by atoms with Gasteiger partial charge in [-0.05, 0) is 38.5 Å². The average molecular weight is 184 g/mol. The van der Waals surface area contributed by atoms with E-state index in [2.05, 4.69) is 6.92 Å². The summed E-state index contributed by atoms with van der Waals surface area (Å²) in [5.74, 6) is 0.372. The van der Waals surface area contributed by atoms with E-state index in [1.807, 2.05) is 13.8 Å². The summed E-state index contributed by atoms with van der Waals surface area (Å²) in [5.41, 5.74) is -0.147. The van der Waals surface area contributed by atoms with Crippen LogP contribution < -0.4 is 0 Å². The largest absolute Gasteiger partial charge is 0.459 e. The van der Waals surface area contributed by atoms with E-state index in [0.29, 0.717) is 12.3 Å². The molecule has 0 radical (unpaired) electrons. The van der Waals surface area contributed by atoms with Gasteiger partial charge in [0.25, 0.3) is 0 Å². The minimum atomic E-state index is -0.147. The molecule has 0 aromatic rings. The van der Waals surface area contributed by atoms with E-state index in [4.69, 9.17) is 4.74 Å². The fourth-order valence-corrected chi connectivity index (χ4v) is 1.87. The Morgan fingerprint density at radius 1 is 1.38 bits per heavy atom. The van der Waals surface area contributed by atoms with E-state index in [9.17, 15) is 4.79 Å². The molecule has 1 aliphatic rings. The first-order chi connectivity index (χ1) is 6.02. The third-order valence-corrected chi connectivity index (χ3v) is 2.60.